The molecule has 4 aromatic carbocycles. The van der Waals surface area contributed by atoms with E-state index < -0.39 is 54.3 Å². The third-order valence-corrected chi connectivity index (χ3v) is 6.24. The van der Waals surface area contributed by atoms with Crippen molar-refractivity contribution in [1.82, 2.24) is 0 Å². The number of phenols is 1. The Morgan fingerprint density at radius 3 is 1.97 bits per heavy atom. The monoisotopic (exact) mass is 554 g/mol. The highest BCUT2D eigenvalue weighted by Crippen LogP contribution is 2.37. The second-order valence-electron chi connectivity index (χ2n) is 9.66. The van der Waals surface area contributed by atoms with Crippen molar-refractivity contribution in [2.24, 2.45) is 0 Å². The molecule has 0 unspecified atom stereocenters. The van der Waals surface area contributed by atoms with Crippen LogP contribution in [-0.2, 0) is 6.11 Å². The fourth-order valence-corrected chi connectivity index (χ4v) is 4.05. The molecule has 0 aliphatic heterocycles. The van der Waals surface area contributed by atoms with Gasteiger partial charge in [0, 0.05) is 16.5 Å². The molecule has 0 amide bonds. The van der Waals surface area contributed by atoms with Crippen molar-refractivity contribution in [2.75, 3.05) is 0 Å². The molecule has 39 heavy (non-hydrogen) atoms. The van der Waals surface area contributed by atoms with Crippen LogP contribution >= 0.6 is 0 Å². The van der Waals surface area contributed by atoms with Crippen LogP contribution in [0.15, 0.2) is 60.7 Å². The molecule has 0 saturated carbocycles. The molecule has 4 rings (SSSR count). The Morgan fingerprint density at radius 1 is 0.744 bits per heavy atom. The van der Waals surface area contributed by atoms with E-state index in [0.29, 0.717) is 17.7 Å². The Kier molecular flexibility index (Phi) is 7.41. The predicted octanol–water partition coefficient (Wildman–Crippen LogP) is 7.86. The molecule has 1 N–H and O–H groups in total. The molecule has 9 heteroatoms. The number of ether oxygens (including phenoxy) is 1. The molecule has 0 heterocycles. The van der Waals surface area contributed by atoms with Crippen LogP contribution in [0.25, 0.3) is 10.8 Å². The molecule has 0 spiro atoms. The van der Waals surface area contributed by atoms with E-state index in [0.717, 1.165) is 24.3 Å². The summed E-state index contributed by atoms with van der Waals surface area (Å²) < 4.78 is 93.2. The van der Waals surface area contributed by atoms with Crippen LogP contribution in [0, 0.1) is 46.6 Å². The highest BCUT2D eigenvalue weighted by atomic mass is 28.3. The summed E-state index contributed by atoms with van der Waals surface area (Å²) in [5.74, 6) is 1.92. The van der Waals surface area contributed by atoms with Gasteiger partial charge in [-0.1, -0.05) is 37.4 Å². The van der Waals surface area contributed by atoms with Gasteiger partial charge in [0.2, 0.25) is 0 Å². The SMILES string of the molecule is C[Si](C)(C)C#Cc1c(F)cc2cc(OC(F)(F)c3c(F)cc(C#Cc4ccc(O)cc4)cc3F)ccc2c1F. The maximum atomic E-state index is 14.9. The molecule has 198 valence electrons. The van der Waals surface area contributed by atoms with Crippen molar-refractivity contribution in [1.29, 1.82) is 0 Å². The zero-order chi connectivity index (χ0) is 28.5. The van der Waals surface area contributed by atoms with E-state index in [1.54, 1.807) is 0 Å². The van der Waals surface area contributed by atoms with Crippen molar-refractivity contribution in [2.45, 2.75) is 25.7 Å². The van der Waals surface area contributed by atoms with Gasteiger partial charge in [-0.05, 0) is 66.0 Å². The third kappa shape index (κ3) is 6.39. The molecule has 0 fully saturated rings. The number of phenolic OH excluding ortho intramolecular Hbond substituents is 1. The summed E-state index contributed by atoms with van der Waals surface area (Å²) in [4.78, 5) is 0. The molecule has 2 nitrogen and oxygen atoms in total. The lowest BCUT2D eigenvalue weighted by Gasteiger charge is -2.20. The number of aromatic hydroxyl groups is 1. The first-order valence-corrected chi connectivity index (χ1v) is 15.1. The number of hydrogen-bond donors (Lipinski definition) is 1. The number of benzene rings is 4. The first-order valence-electron chi connectivity index (χ1n) is 11.6. The van der Waals surface area contributed by atoms with Crippen molar-refractivity contribution in [3.05, 3.63) is 106 Å². The maximum absolute atomic E-state index is 14.9. The van der Waals surface area contributed by atoms with E-state index in [-0.39, 0.29) is 22.1 Å². The first kappa shape index (κ1) is 27.7. The average Bonchev–Trinajstić information content (AvgIpc) is 2.82. The van der Waals surface area contributed by atoms with Crippen LogP contribution in [-0.4, -0.2) is 13.2 Å². The zero-order valence-electron chi connectivity index (χ0n) is 20.9. The molecule has 0 aliphatic rings. The van der Waals surface area contributed by atoms with Crippen LogP contribution in [0.1, 0.15) is 22.3 Å². The standard InChI is InChI=1S/C30H20F6O2Si/c1-39(2,3)13-12-24-25(31)17-20-16-22(10-11-23(20)29(24)34)38-30(35,36)28-26(32)14-19(15-27(28)33)5-4-18-6-8-21(37)9-7-18/h6-11,14-17,37H,1-3H3. The van der Waals surface area contributed by atoms with E-state index in [2.05, 4.69) is 28.0 Å². The molecule has 0 aliphatic carbocycles. The summed E-state index contributed by atoms with van der Waals surface area (Å²) in [6.07, 6.45) is -4.47. The van der Waals surface area contributed by atoms with Gasteiger partial charge in [-0.2, -0.15) is 8.78 Å². The minimum atomic E-state index is -4.47. The van der Waals surface area contributed by atoms with Crippen molar-refractivity contribution in [3.63, 3.8) is 0 Å². The largest absolute Gasteiger partial charge is 0.508 e. The number of rotatable bonds is 3. The van der Waals surface area contributed by atoms with E-state index >= 15 is 0 Å². The van der Waals surface area contributed by atoms with Gasteiger partial charge in [-0.25, -0.2) is 17.6 Å². The molecule has 0 saturated heterocycles. The Hall–Kier alpha value is -4.34. The van der Waals surface area contributed by atoms with Crippen molar-refractivity contribution in [3.8, 4) is 34.8 Å². The average molecular weight is 555 g/mol. The highest BCUT2D eigenvalue weighted by molar-refractivity contribution is 6.83. The van der Waals surface area contributed by atoms with Crippen molar-refractivity contribution < 1.29 is 36.2 Å². The van der Waals surface area contributed by atoms with Crippen molar-refractivity contribution >= 4 is 18.8 Å². The Labute approximate surface area is 221 Å². The number of halogens is 6. The van der Waals surface area contributed by atoms with Gasteiger partial charge in [0.1, 0.15) is 48.4 Å². The van der Waals surface area contributed by atoms with Gasteiger partial charge in [-0.3, -0.25) is 0 Å². The van der Waals surface area contributed by atoms with Crippen LogP contribution in [0.5, 0.6) is 11.5 Å². The molecule has 0 radical (unpaired) electrons. The smallest absolute Gasteiger partial charge is 0.432 e. The number of alkyl halides is 2. The van der Waals surface area contributed by atoms with Gasteiger partial charge in [0.25, 0.3) is 0 Å². The van der Waals surface area contributed by atoms with Gasteiger partial charge in [-0.15, -0.1) is 5.54 Å². The Morgan fingerprint density at radius 2 is 1.36 bits per heavy atom. The highest BCUT2D eigenvalue weighted by Gasteiger charge is 2.41. The van der Waals surface area contributed by atoms with Gasteiger partial charge < -0.3 is 9.84 Å². The van der Waals surface area contributed by atoms with E-state index in [9.17, 15) is 31.4 Å². The van der Waals surface area contributed by atoms with E-state index in [1.807, 2.05) is 19.6 Å². The number of fused-ring (bicyclic) bond motifs is 1. The minimum absolute atomic E-state index is 0.00224. The van der Waals surface area contributed by atoms with E-state index in [1.165, 1.54) is 24.3 Å². The Bertz CT molecular complexity index is 1680. The molecule has 0 aromatic heterocycles. The second kappa shape index (κ2) is 10.4. The fourth-order valence-electron chi connectivity index (χ4n) is 3.55. The van der Waals surface area contributed by atoms with E-state index in [4.69, 9.17) is 0 Å². The normalized spacial score (nSPS) is 11.4. The third-order valence-electron chi connectivity index (χ3n) is 5.36. The molecular formula is C30H20F6O2Si. The summed E-state index contributed by atoms with van der Waals surface area (Å²) in [5.41, 5.74) is 1.01. The van der Waals surface area contributed by atoms with Gasteiger partial charge in [0.05, 0.1) is 5.56 Å². The van der Waals surface area contributed by atoms with Gasteiger partial charge in [0.15, 0.2) is 0 Å². The van der Waals surface area contributed by atoms with Crippen LogP contribution in [0.4, 0.5) is 26.3 Å². The lowest BCUT2D eigenvalue weighted by atomic mass is 10.1. The topological polar surface area (TPSA) is 29.5 Å². The molecule has 0 bridgehead atoms. The zero-order valence-corrected chi connectivity index (χ0v) is 21.9. The van der Waals surface area contributed by atoms with Crippen LogP contribution in [0.3, 0.4) is 0 Å². The molecular weight excluding hydrogens is 534 g/mol. The second-order valence-corrected chi connectivity index (χ2v) is 14.4. The summed E-state index contributed by atoms with van der Waals surface area (Å²) in [5, 5.41) is 9.11. The number of hydrogen-bond acceptors (Lipinski definition) is 2. The lowest BCUT2D eigenvalue weighted by molar-refractivity contribution is -0.189. The minimum Gasteiger partial charge on any atom is -0.508 e. The Balaban J connectivity index is 1.64. The van der Waals surface area contributed by atoms with Crippen LogP contribution < -0.4 is 4.74 Å². The fraction of sp³-hybridized carbons (Fsp3) is 0.133. The predicted molar refractivity (Wildman–Crippen MR) is 139 cm³/mol. The quantitative estimate of drug-likeness (QED) is 0.159. The summed E-state index contributed by atoms with van der Waals surface area (Å²) in [6, 6.07) is 10.9. The maximum Gasteiger partial charge on any atom is 0.432 e. The van der Waals surface area contributed by atoms with Gasteiger partial charge >= 0.3 is 6.11 Å². The van der Waals surface area contributed by atoms with Crippen LogP contribution in [0.2, 0.25) is 19.6 Å². The lowest BCUT2D eigenvalue weighted by Crippen LogP contribution is -2.25. The summed E-state index contributed by atoms with van der Waals surface area (Å²) in [7, 11) is -1.93. The summed E-state index contributed by atoms with van der Waals surface area (Å²) >= 11 is 0. The summed E-state index contributed by atoms with van der Waals surface area (Å²) in [6.45, 7) is 5.72. The first-order chi connectivity index (χ1) is 18.2. The molecule has 0 atom stereocenters. The molecule has 4 aromatic rings.